The van der Waals surface area contributed by atoms with Gasteiger partial charge < -0.3 is 4.74 Å². The normalized spacial score (nSPS) is 47.2. The fourth-order valence-electron chi connectivity index (χ4n) is 4.90. The molecule has 3 saturated carbocycles. The van der Waals surface area contributed by atoms with Gasteiger partial charge in [0.25, 0.3) is 0 Å². The van der Waals surface area contributed by atoms with Crippen LogP contribution in [0.15, 0.2) is 0 Å². The number of sulfonamides is 1. The molecule has 0 aromatic rings. The second-order valence-corrected chi connectivity index (χ2v) is 8.58. The van der Waals surface area contributed by atoms with Crippen LogP contribution >= 0.6 is 0 Å². The maximum absolute atomic E-state index is 12.1. The van der Waals surface area contributed by atoms with Crippen LogP contribution in [0.5, 0.6) is 0 Å². The van der Waals surface area contributed by atoms with Crippen molar-refractivity contribution in [3.63, 3.8) is 0 Å². The highest BCUT2D eigenvalue weighted by atomic mass is 32.2. The van der Waals surface area contributed by atoms with Gasteiger partial charge in [0.2, 0.25) is 10.0 Å². The highest BCUT2D eigenvalue weighted by Gasteiger charge is 2.54. The van der Waals surface area contributed by atoms with Crippen molar-refractivity contribution in [2.45, 2.75) is 43.4 Å². The number of ether oxygens (including phenoxy) is 1. The van der Waals surface area contributed by atoms with Gasteiger partial charge in [-0.25, -0.2) is 13.1 Å². The van der Waals surface area contributed by atoms with Crippen molar-refractivity contribution < 1.29 is 13.2 Å². The van der Waals surface area contributed by atoms with E-state index in [1.54, 1.807) is 0 Å². The minimum atomic E-state index is -3.13. The summed E-state index contributed by atoms with van der Waals surface area (Å²) in [6.45, 7) is 0.754. The van der Waals surface area contributed by atoms with Crippen LogP contribution in [0.2, 0.25) is 0 Å². The molecule has 0 spiro atoms. The van der Waals surface area contributed by atoms with Gasteiger partial charge in [0, 0.05) is 6.04 Å². The van der Waals surface area contributed by atoms with Crippen LogP contribution < -0.4 is 4.72 Å². The van der Waals surface area contributed by atoms with E-state index in [0.29, 0.717) is 19.1 Å². The van der Waals surface area contributed by atoms with Gasteiger partial charge in [0.15, 0.2) is 0 Å². The molecule has 0 amide bonds. The summed E-state index contributed by atoms with van der Waals surface area (Å²) in [5.41, 5.74) is 0. The van der Waals surface area contributed by atoms with E-state index in [1.807, 2.05) is 0 Å². The van der Waals surface area contributed by atoms with Crippen molar-refractivity contribution in [2.75, 3.05) is 13.2 Å². The van der Waals surface area contributed by atoms with Gasteiger partial charge >= 0.3 is 0 Å². The Balaban J connectivity index is 1.48. The Morgan fingerprint density at radius 1 is 1.00 bits per heavy atom. The van der Waals surface area contributed by atoms with E-state index in [9.17, 15) is 8.42 Å². The Kier molecular flexibility index (Phi) is 2.55. The molecule has 1 saturated heterocycles. The predicted molar refractivity (Wildman–Crippen MR) is 67.5 cm³/mol. The Morgan fingerprint density at radius 2 is 1.78 bits per heavy atom. The third-order valence-electron chi connectivity index (χ3n) is 5.79. The molecule has 3 aliphatic carbocycles. The van der Waals surface area contributed by atoms with Crippen molar-refractivity contribution in [1.82, 2.24) is 4.72 Å². The lowest BCUT2D eigenvalue weighted by atomic mass is 9.79. The minimum absolute atomic E-state index is 0.222. The second-order valence-electron chi connectivity index (χ2n) is 6.58. The molecule has 0 radical (unpaired) electrons. The molecular formula is C13H21NO3S. The largest absolute Gasteiger partial charge is 0.378 e. The highest BCUT2D eigenvalue weighted by Crippen LogP contribution is 2.58. The Morgan fingerprint density at radius 3 is 2.50 bits per heavy atom. The average molecular weight is 271 g/mol. The molecule has 0 aromatic carbocycles. The molecular weight excluding hydrogens is 250 g/mol. The van der Waals surface area contributed by atoms with Crippen LogP contribution in [0.25, 0.3) is 0 Å². The van der Waals surface area contributed by atoms with E-state index in [4.69, 9.17) is 4.74 Å². The predicted octanol–water partition coefficient (Wildman–Crippen LogP) is 1.13. The Labute approximate surface area is 109 Å². The molecule has 4 nitrogen and oxygen atoms in total. The topological polar surface area (TPSA) is 55.4 Å². The number of rotatable bonds is 3. The maximum Gasteiger partial charge on any atom is 0.219 e. The first kappa shape index (κ1) is 11.7. The van der Waals surface area contributed by atoms with Crippen LogP contribution in [0.4, 0.5) is 0 Å². The smallest absolute Gasteiger partial charge is 0.219 e. The summed E-state index contributed by atoms with van der Waals surface area (Å²) in [5, 5.41) is -0.295. The average Bonchev–Trinajstić information content (AvgIpc) is 2.80. The summed E-state index contributed by atoms with van der Waals surface area (Å²) in [6.07, 6.45) is 6.43. The summed E-state index contributed by atoms with van der Waals surface area (Å²) in [4.78, 5) is 0. The molecule has 4 aliphatic rings. The number of nitrogens with one attached hydrogen (secondary N) is 1. The molecule has 5 atom stereocenters. The highest BCUT2D eigenvalue weighted by molar-refractivity contribution is 7.90. The van der Waals surface area contributed by atoms with Crippen LogP contribution in [0, 0.1) is 23.7 Å². The first-order chi connectivity index (χ1) is 8.65. The lowest BCUT2D eigenvalue weighted by Gasteiger charge is -2.34. The first-order valence-electron chi connectivity index (χ1n) is 7.24. The van der Waals surface area contributed by atoms with Crippen LogP contribution in [0.3, 0.4) is 0 Å². The van der Waals surface area contributed by atoms with Crippen molar-refractivity contribution >= 4 is 10.0 Å². The summed E-state index contributed by atoms with van der Waals surface area (Å²) < 4.78 is 32.3. The molecule has 5 heteroatoms. The van der Waals surface area contributed by atoms with Gasteiger partial charge in [-0.05, 0) is 49.4 Å². The van der Waals surface area contributed by atoms with Gasteiger partial charge in [-0.3, -0.25) is 0 Å². The van der Waals surface area contributed by atoms with Crippen LogP contribution in [-0.2, 0) is 14.8 Å². The standard InChI is InChI=1S/C13H21NO3S/c15-18(16,9-6-17-7-9)14-13-5-8-4-12(13)11-3-1-2-10(8)11/h8-14H,1-7H2. The molecule has 4 fully saturated rings. The fourth-order valence-corrected chi connectivity index (χ4v) is 6.34. The molecule has 102 valence electrons. The van der Waals surface area contributed by atoms with Gasteiger partial charge in [0.05, 0.1) is 13.2 Å². The van der Waals surface area contributed by atoms with E-state index >= 15 is 0 Å². The van der Waals surface area contributed by atoms with Crippen molar-refractivity contribution in [3.8, 4) is 0 Å². The number of hydrogen-bond donors (Lipinski definition) is 1. The Bertz CT molecular complexity index is 445. The molecule has 18 heavy (non-hydrogen) atoms. The van der Waals surface area contributed by atoms with Gasteiger partial charge in [-0.2, -0.15) is 0 Å². The van der Waals surface area contributed by atoms with Gasteiger partial charge in [0.1, 0.15) is 5.25 Å². The van der Waals surface area contributed by atoms with E-state index < -0.39 is 10.0 Å². The van der Waals surface area contributed by atoms with E-state index in [2.05, 4.69) is 4.72 Å². The van der Waals surface area contributed by atoms with Gasteiger partial charge in [-0.1, -0.05) is 6.42 Å². The van der Waals surface area contributed by atoms with E-state index in [1.165, 1.54) is 25.7 Å². The zero-order chi connectivity index (χ0) is 12.3. The van der Waals surface area contributed by atoms with Crippen molar-refractivity contribution in [3.05, 3.63) is 0 Å². The van der Waals surface area contributed by atoms with E-state index in [-0.39, 0.29) is 11.3 Å². The quantitative estimate of drug-likeness (QED) is 0.837. The first-order valence-corrected chi connectivity index (χ1v) is 8.78. The van der Waals surface area contributed by atoms with Crippen LogP contribution in [0.1, 0.15) is 32.1 Å². The van der Waals surface area contributed by atoms with Crippen molar-refractivity contribution in [1.29, 1.82) is 0 Å². The lowest BCUT2D eigenvalue weighted by molar-refractivity contribution is 0.0407. The summed E-state index contributed by atoms with van der Waals surface area (Å²) >= 11 is 0. The monoisotopic (exact) mass is 271 g/mol. The molecule has 1 N–H and O–H groups in total. The zero-order valence-electron chi connectivity index (χ0n) is 10.5. The molecule has 1 heterocycles. The minimum Gasteiger partial charge on any atom is -0.378 e. The summed E-state index contributed by atoms with van der Waals surface area (Å²) in [7, 11) is -3.13. The number of fused-ring (bicyclic) bond motifs is 5. The Hall–Kier alpha value is -0.130. The third kappa shape index (κ3) is 1.60. The number of hydrogen-bond acceptors (Lipinski definition) is 3. The maximum atomic E-state index is 12.1. The molecule has 5 unspecified atom stereocenters. The van der Waals surface area contributed by atoms with Crippen molar-refractivity contribution in [2.24, 2.45) is 23.7 Å². The molecule has 2 bridgehead atoms. The van der Waals surface area contributed by atoms with E-state index in [0.717, 1.165) is 24.2 Å². The lowest BCUT2D eigenvalue weighted by Crippen LogP contribution is -2.51. The molecule has 4 rings (SSSR count). The molecule has 1 aliphatic heterocycles. The van der Waals surface area contributed by atoms with Crippen LogP contribution in [-0.4, -0.2) is 32.9 Å². The van der Waals surface area contributed by atoms with Gasteiger partial charge in [-0.15, -0.1) is 0 Å². The third-order valence-corrected chi connectivity index (χ3v) is 7.57. The summed E-state index contributed by atoms with van der Waals surface area (Å²) in [5.74, 6) is 3.16. The molecule has 0 aromatic heterocycles. The summed E-state index contributed by atoms with van der Waals surface area (Å²) in [6, 6.07) is 0.222. The SMILES string of the molecule is O=S(=O)(NC1CC2CC1C1CCCC21)C1COC1. The fraction of sp³-hybridized carbons (Fsp3) is 1.00. The second kappa shape index (κ2) is 3.93. The zero-order valence-corrected chi connectivity index (χ0v) is 11.4.